The van der Waals surface area contributed by atoms with Crippen LogP contribution in [-0.4, -0.2) is 27.0 Å². The number of para-hydroxylation sites is 1. The lowest BCUT2D eigenvalue weighted by atomic mass is 10.2. The Morgan fingerprint density at radius 1 is 1.14 bits per heavy atom. The molecule has 6 nitrogen and oxygen atoms in total. The Labute approximate surface area is 121 Å². The Kier molecular flexibility index (Phi) is 4.06. The average Bonchev–Trinajstić information content (AvgIpc) is 2.46. The summed E-state index contributed by atoms with van der Waals surface area (Å²) in [6.45, 7) is 0. The van der Waals surface area contributed by atoms with Crippen molar-refractivity contribution in [1.82, 2.24) is 9.97 Å². The minimum Gasteiger partial charge on any atom is -0.477 e. The van der Waals surface area contributed by atoms with E-state index >= 15 is 0 Å². The van der Waals surface area contributed by atoms with Crippen molar-refractivity contribution in [3.05, 3.63) is 53.6 Å². The monoisotopic (exact) mass is 312 g/mol. The first-order chi connectivity index (χ1) is 10.3. The van der Waals surface area contributed by atoms with Gasteiger partial charge < -0.3 is 9.84 Å². The number of carboxylic acids is 1. The lowest BCUT2D eigenvalue weighted by Crippen LogP contribution is -2.17. The summed E-state index contributed by atoms with van der Waals surface area (Å²) in [5.74, 6) is -4.08. The van der Waals surface area contributed by atoms with Crippen LogP contribution in [0.15, 0.2) is 36.5 Å². The van der Waals surface area contributed by atoms with Gasteiger partial charge in [0, 0.05) is 6.20 Å². The van der Waals surface area contributed by atoms with Gasteiger partial charge in [-0.15, -0.1) is 0 Å². The Balaban J connectivity index is 2.30. The molecule has 2 rings (SSSR count). The van der Waals surface area contributed by atoms with Crippen LogP contribution in [0.5, 0.6) is 5.75 Å². The molecule has 22 heavy (non-hydrogen) atoms. The number of nitrogens with zero attached hydrogens (tertiary/aromatic N) is 2. The summed E-state index contributed by atoms with van der Waals surface area (Å²) >= 11 is 0. The number of esters is 1. The highest BCUT2D eigenvalue weighted by Gasteiger charge is 2.35. The van der Waals surface area contributed by atoms with Crippen LogP contribution in [0.4, 0.5) is 13.2 Å². The van der Waals surface area contributed by atoms with Gasteiger partial charge in [0.25, 0.3) is 0 Å². The van der Waals surface area contributed by atoms with Gasteiger partial charge in [0.2, 0.25) is 5.82 Å². The fraction of sp³-hybridized carbons (Fsp3) is 0.0769. The van der Waals surface area contributed by atoms with E-state index in [0.29, 0.717) is 0 Å². The topological polar surface area (TPSA) is 89.4 Å². The van der Waals surface area contributed by atoms with Crippen LogP contribution >= 0.6 is 0 Å². The van der Waals surface area contributed by atoms with Crippen LogP contribution < -0.4 is 4.74 Å². The molecule has 0 atom stereocenters. The van der Waals surface area contributed by atoms with E-state index in [4.69, 9.17) is 5.11 Å². The molecule has 1 aromatic heterocycles. The number of aromatic carboxylic acids is 1. The molecular formula is C13H7F3N2O4. The molecule has 1 aromatic carbocycles. The molecule has 1 heterocycles. The maximum atomic E-state index is 12.8. The zero-order valence-corrected chi connectivity index (χ0v) is 10.7. The normalized spacial score (nSPS) is 11.0. The molecule has 0 bridgehead atoms. The third-order valence-electron chi connectivity index (χ3n) is 2.45. The number of benzene rings is 1. The van der Waals surface area contributed by atoms with Gasteiger partial charge in [-0.1, -0.05) is 12.1 Å². The van der Waals surface area contributed by atoms with Crippen molar-refractivity contribution in [3.8, 4) is 5.75 Å². The number of hydrogen-bond donors (Lipinski definition) is 1. The van der Waals surface area contributed by atoms with Gasteiger partial charge in [-0.25, -0.2) is 19.6 Å². The number of carbonyl (C=O) groups excluding carboxylic acids is 1. The quantitative estimate of drug-likeness (QED) is 0.691. The molecule has 0 aliphatic carbocycles. The van der Waals surface area contributed by atoms with Crippen molar-refractivity contribution in [2.75, 3.05) is 0 Å². The van der Waals surface area contributed by atoms with Gasteiger partial charge in [-0.05, 0) is 18.2 Å². The molecule has 0 spiro atoms. The molecule has 114 valence electrons. The largest absolute Gasteiger partial charge is 0.477 e. The fourth-order valence-electron chi connectivity index (χ4n) is 1.51. The molecule has 0 saturated heterocycles. The summed E-state index contributed by atoms with van der Waals surface area (Å²) in [4.78, 5) is 29.4. The zero-order chi connectivity index (χ0) is 16.3. The number of carbonyl (C=O) groups is 2. The van der Waals surface area contributed by atoms with Crippen molar-refractivity contribution in [2.24, 2.45) is 0 Å². The second-order valence-corrected chi connectivity index (χ2v) is 3.95. The summed E-state index contributed by atoms with van der Waals surface area (Å²) in [6.07, 6.45) is -3.72. The smallest absolute Gasteiger partial charge is 0.419 e. The number of rotatable bonds is 3. The van der Waals surface area contributed by atoms with Crippen molar-refractivity contribution in [1.29, 1.82) is 0 Å². The van der Waals surface area contributed by atoms with Crippen LogP contribution in [0.2, 0.25) is 0 Å². The number of halogens is 3. The second kappa shape index (κ2) is 5.80. The van der Waals surface area contributed by atoms with Gasteiger partial charge >= 0.3 is 18.1 Å². The highest BCUT2D eigenvalue weighted by Crippen LogP contribution is 2.36. The molecule has 9 heteroatoms. The predicted octanol–water partition coefficient (Wildman–Crippen LogP) is 2.41. The molecule has 0 aliphatic heterocycles. The van der Waals surface area contributed by atoms with E-state index in [-0.39, 0.29) is 0 Å². The second-order valence-electron chi connectivity index (χ2n) is 3.95. The van der Waals surface area contributed by atoms with Gasteiger partial charge in [0.1, 0.15) is 5.75 Å². The Morgan fingerprint density at radius 2 is 1.82 bits per heavy atom. The van der Waals surface area contributed by atoms with Gasteiger partial charge in [-0.3, -0.25) is 0 Å². The summed E-state index contributed by atoms with van der Waals surface area (Å²) in [5, 5.41) is 8.74. The van der Waals surface area contributed by atoms with Crippen LogP contribution in [0.25, 0.3) is 0 Å². The predicted molar refractivity (Wildman–Crippen MR) is 65.4 cm³/mol. The average molecular weight is 312 g/mol. The van der Waals surface area contributed by atoms with E-state index in [0.717, 1.165) is 30.5 Å². The fourth-order valence-corrected chi connectivity index (χ4v) is 1.51. The third kappa shape index (κ3) is 3.37. The minimum atomic E-state index is -4.71. The zero-order valence-electron chi connectivity index (χ0n) is 10.7. The summed E-state index contributed by atoms with van der Waals surface area (Å²) in [6, 6.07) is 5.13. The van der Waals surface area contributed by atoms with E-state index in [1.165, 1.54) is 6.07 Å². The maximum Gasteiger partial charge on any atom is 0.419 e. The van der Waals surface area contributed by atoms with E-state index in [1.807, 2.05) is 0 Å². The van der Waals surface area contributed by atoms with Crippen molar-refractivity contribution < 1.29 is 32.6 Å². The van der Waals surface area contributed by atoms with Crippen LogP contribution in [0.3, 0.4) is 0 Å². The van der Waals surface area contributed by atoms with E-state index in [1.54, 1.807) is 0 Å². The van der Waals surface area contributed by atoms with Crippen molar-refractivity contribution in [2.45, 2.75) is 6.18 Å². The molecule has 2 aromatic rings. The van der Waals surface area contributed by atoms with Crippen LogP contribution in [0, 0.1) is 0 Å². The van der Waals surface area contributed by atoms with E-state index < -0.39 is 40.9 Å². The van der Waals surface area contributed by atoms with Gasteiger partial charge in [0.15, 0.2) is 5.69 Å². The van der Waals surface area contributed by atoms with Crippen molar-refractivity contribution in [3.63, 3.8) is 0 Å². The lowest BCUT2D eigenvalue weighted by molar-refractivity contribution is -0.138. The summed E-state index contributed by atoms with van der Waals surface area (Å²) < 4.78 is 42.9. The van der Waals surface area contributed by atoms with Gasteiger partial charge in [0.05, 0.1) is 5.56 Å². The third-order valence-corrected chi connectivity index (χ3v) is 2.45. The lowest BCUT2D eigenvalue weighted by Gasteiger charge is -2.11. The minimum absolute atomic E-state index is 0.481. The van der Waals surface area contributed by atoms with Crippen molar-refractivity contribution >= 4 is 11.9 Å². The standard InChI is InChI=1S/C13H7F3N2O4/c14-13(15,16)7-3-1-2-4-9(7)22-12(21)10-17-6-5-8(18-10)11(19)20/h1-6H,(H,19,20). The summed E-state index contributed by atoms with van der Waals surface area (Å²) in [7, 11) is 0. The Bertz CT molecular complexity index is 731. The number of hydrogen-bond acceptors (Lipinski definition) is 5. The first-order valence-corrected chi connectivity index (χ1v) is 5.74. The molecule has 0 radical (unpaired) electrons. The number of carboxylic acid groups (broad SMARTS) is 1. The Hall–Kier alpha value is -2.97. The molecule has 1 N–H and O–H groups in total. The van der Waals surface area contributed by atoms with Gasteiger partial charge in [-0.2, -0.15) is 13.2 Å². The first-order valence-electron chi connectivity index (χ1n) is 5.74. The SMILES string of the molecule is O=C(O)c1ccnc(C(=O)Oc2ccccc2C(F)(F)F)n1. The highest BCUT2D eigenvalue weighted by atomic mass is 19.4. The van der Waals surface area contributed by atoms with E-state index in [2.05, 4.69) is 14.7 Å². The maximum absolute atomic E-state index is 12.8. The molecule has 0 unspecified atom stereocenters. The number of alkyl halides is 3. The number of ether oxygens (including phenoxy) is 1. The van der Waals surface area contributed by atoms with Crippen LogP contribution in [-0.2, 0) is 6.18 Å². The molecular weight excluding hydrogens is 305 g/mol. The molecule has 0 fully saturated rings. The Morgan fingerprint density at radius 3 is 2.45 bits per heavy atom. The molecule has 0 saturated carbocycles. The molecule has 0 amide bonds. The number of aromatic nitrogens is 2. The highest BCUT2D eigenvalue weighted by molar-refractivity contribution is 5.90. The summed E-state index contributed by atoms with van der Waals surface area (Å²) in [5.41, 5.74) is -1.62. The van der Waals surface area contributed by atoms with Crippen LogP contribution in [0.1, 0.15) is 26.7 Å². The first kappa shape index (κ1) is 15.4. The van der Waals surface area contributed by atoms with E-state index in [9.17, 15) is 22.8 Å². The molecule has 0 aliphatic rings.